The Kier molecular flexibility index (Phi) is 9.62. The van der Waals surface area contributed by atoms with Gasteiger partial charge in [-0.3, -0.25) is 4.79 Å². The summed E-state index contributed by atoms with van der Waals surface area (Å²) in [6.07, 6.45) is 6.23. The molecule has 2 N–H and O–H groups in total. The van der Waals surface area contributed by atoms with E-state index in [1.165, 1.54) is 19.2 Å². The predicted octanol–water partition coefficient (Wildman–Crippen LogP) is 3.13. The van der Waals surface area contributed by atoms with Gasteiger partial charge in [0.25, 0.3) is 0 Å². The van der Waals surface area contributed by atoms with Crippen LogP contribution in [0, 0.1) is 11.8 Å². The molecule has 0 saturated carbocycles. The van der Waals surface area contributed by atoms with Crippen LogP contribution in [0.5, 0.6) is 0 Å². The molecule has 1 fully saturated rings. The average Bonchev–Trinajstić information content (AvgIpc) is 3.10. The van der Waals surface area contributed by atoms with Crippen molar-refractivity contribution < 1.29 is 4.79 Å². The summed E-state index contributed by atoms with van der Waals surface area (Å²) in [7, 11) is 0. The number of carbonyl (C=O) groups excluding carboxylic acids is 1. The molecule has 1 aromatic carbocycles. The normalized spacial score (nSPS) is 17.5. The molecule has 1 saturated heterocycles. The third kappa shape index (κ3) is 6.59. The second-order valence-electron chi connectivity index (χ2n) is 6.63. The fraction of sp³-hybridized carbons (Fsp3) is 0.500. The predicted molar refractivity (Wildman–Crippen MR) is 108 cm³/mol. The van der Waals surface area contributed by atoms with Crippen molar-refractivity contribution in [1.29, 1.82) is 0 Å². The van der Waals surface area contributed by atoms with Gasteiger partial charge in [-0.05, 0) is 55.5 Å². The molecule has 0 radical (unpaired) electrons. The second-order valence-corrected chi connectivity index (χ2v) is 6.63. The van der Waals surface area contributed by atoms with Gasteiger partial charge >= 0.3 is 0 Å². The number of hydrogen-bond acceptors (Lipinski definition) is 4. The molecule has 1 amide bonds. The fourth-order valence-corrected chi connectivity index (χ4v) is 3.23. The molecule has 26 heavy (non-hydrogen) atoms. The van der Waals surface area contributed by atoms with Crippen LogP contribution in [0.15, 0.2) is 36.9 Å². The van der Waals surface area contributed by atoms with Crippen LogP contribution in [0.4, 0.5) is 5.69 Å². The van der Waals surface area contributed by atoms with E-state index in [9.17, 15) is 4.79 Å². The number of aromatic nitrogens is 3. The summed E-state index contributed by atoms with van der Waals surface area (Å²) in [5.41, 5.74) is 1.97. The molecule has 3 rings (SSSR count). The van der Waals surface area contributed by atoms with Crippen molar-refractivity contribution in [3.63, 3.8) is 0 Å². The van der Waals surface area contributed by atoms with Crippen LogP contribution in [-0.2, 0) is 11.3 Å². The zero-order valence-corrected chi connectivity index (χ0v) is 16.6. The van der Waals surface area contributed by atoms with Crippen LogP contribution in [-0.4, -0.2) is 33.8 Å². The van der Waals surface area contributed by atoms with Crippen molar-refractivity contribution in [2.75, 3.05) is 18.4 Å². The van der Waals surface area contributed by atoms with E-state index in [0.717, 1.165) is 24.3 Å². The Balaban J connectivity index is 0.00000169. The molecule has 2 aromatic rings. The maximum atomic E-state index is 12.3. The van der Waals surface area contributed by atoms with E-state index < -0.39 is 0 Å². The van der Waals surface area contributed by atoms with Gasteiger partial charge in [0.2, 0.25) is 5.91 Å². The number of piperidine rings is 1. The Hall–Kier alpha value is -1.63. The van der Waals surface area contributed by atoms with E-state index in [4.69, 9.17) is 0 Å². The fourth-order valence-electron chi connectivity index (χ4n) is 3.23. The van der Waals surface area contributed by atoms with E-state index in [1.807, 2.05) is 24.3 Å². The van der Waals surface area contributed by atoms with Crippen molar-refractivity contribution in [2.45, 2.75) is 32.7 Å². The van der Waals surface area contributed by atoms with E-state index in [2.05, 4.69) is 27.6 Å². The van der Waals surface area contributed by atoms with Gasteiger partial charge in [-0.15, -0.1) is 24.8 Å². The lowest BCUT2D eigenvalue weighted by Crippen LogP contribution is -2.34. The van der Waals surface area contributed by atoms with Crippen molar-refractivity contribution >= 4 is 36.4 Å². The van der Waals surface area contributed by atoms with Gasteiger partial charge in [-0.1, -0.05) is 19.1 Å². The van der Waals surface area contributed by atoms with Crippen LogP contribution >= 0.6 is 24.8 Å². The average molecular weight is 400 g/mol. The van der Waals surface area contributed by atoms with Crippen LogP contribution in [0.3, 0.4) is 0 Å². The van der Waals surface area contributed by atoms with Crippen molar-refractivity contribution in [3.05, 3.63) is 42.5 Å². The van der Waals surface area contributed by atoms with Gasteiger partial charge < -0.3 is 10.6 Å². The van der Waals surface area contributed by atoms with E-state index in [-0.39, 0.29) is 30.7 Å². The van der Waals surface area contributed by atoms with Crippen LogP contribution in [0.2, 0.25) is 0 Å². The molecule has 1 aliphatic rings. The molecule has 8 heteroatoms. The summed E-state index contributed by atoms with van der Waals surface area (Å²) in [5.74, 6) is 1.11. The van der Waals surface area contributed by atoms with Crippen LogP contribution in [0.1, 0.15) is 31.7 Å². The molecule has 2 heterocycles. The molecular weight excluding hydrogens is 373 g/mol. The topological polar surface area (TPSA) is 71.8 Å². The quantitative estimate of drug-likeness (QED) is 0.782. The number of nitrogens with one attached hydrogen (secondary N) is 2. The maximum Gasteiger partial charge on any atom is 0.224 e. The summed E-state index contributed by atoms with van der Waals surface area (Å²) in [5, 5.41) is 10.5. The van der Waals surface area contributed by atoms with Gasteiger partial charge in [0.1, 0.15) is 12.7 Å². The van der Waals surface area contributed by atoms with Gasteiger partial charge in [-0.2, -0.15) is 5.10 Å². The van der Waals surface area contributed by atoms with Crippen molar-refractivity contribution in [2.24, 2.45) is 11.8 Å². The highest BCUT2D eigenvalue weighted by Gasteiger charge is 2.21. The number of nitrogens with zero attached hydrogens (tertiary/aromatic N) is 3. The second kappa shape index (κ2) is 11.2. The number of anilines is 1. The molecule has 144 valence electrons. The molecule has 2 atom stereocenters. The zero-order valence-electron chi connectivity index (χ0n) is 14.9. The number of halogens is 2. The standard InChI is InChI=1S/C18H25N5O.2ClH/c1-14(16-3-2-8-19-10-16)9-18(24)22-17-6-4-15(5-7-17)11-23-13-20-12-21-23;;/h4-7,12-14,16,19H,2-3,8-11H2,1H3,(H,22,24);2*1H. The first-order valence-corrected chi connectivity index (χ1v) is 8.62. The Labute approximate surface area is 167 Å². The summed E-state index contributed by atoms with van der Waals surface area (Å²) >= 11 is 0. The van der Waals surface area contributed by atoms with Gasteiger partial charge in [0.05, 0.1) is 6.54 Å². The minimum absolute atomic E-state index is 0. The van der Waals surface area contributed by atoms with Gasteiger partial charge in [0.15, 0.2) is 0 Å². The monoisotopic (exact) mass is 399 g/mol. The molecule has 1 aromatic heterocycles. The Bertz CT molecular complexity index is 642. The third-order valence-corrected chi connectivity index (χ3v) is 4.70. The summed E-state index contributed by atoms with van der Waals surface area (Å²) in [6.45, 7) is 5.00. The van der Waals surface area contributed by atoms with Crippen LogP contribution < -0.4 is 10.6 Å². The van der Waals surface area contributed by atoms with E-state index in [0.29, 0.717) is 24.8 Å². The molecule has 1 aliphatic heterocycles. The summed E-state index contributed by atoms with van der Waals surface area (Å²) in [4.78, 5) is 16.2. The first-order chi connectivity index (χ1) is 11.7. The first kappa shape index (κ1) is 22.4. The Morgan fingerprint density at radius 2 is 2.12 bits per heavy atom. The summed E-state index contributed by atoms with van der Waals surface area (Å²) < 4.78 is 1.77. The van der Waals surface area contributed by atoms with Gasteiger partial charge in [-0.25, -0.2) is 9.67 Å². The van der Waals surface area contributed by atoms with Gasteiger partial charge in [0, 0.05) is 12.1 Å². The highest BCUT2D eigenvalue weighted by Crippen LogP contribution is 2.23. The van der Waals surface area contributed by atoms with Crippen molar-refractivity contribution in [1.82, 2.24) is 20.1 Å². The minimum Gasteiger partial charge on any atom is -0.326 e. The maximum absolute atomic E-state index is 12.3. The Morgan fingerprint density at radius 1 is 1.35 bits per heavy atom. The summed E-state index contributed by atoms with van der Waals surface area (Å²) in [6, 6.07) is 7.89. The number of carbonyl (C=O) groups is 1. The largest absolute Gasteiger partial charge is 0.326 e. The molecule has 0 aliphatic carbocycles. The third-order valence-electron chi connectivity index (χ3n) is 4.70. The van der Waals surface area contributed by atoms with Crippen molar-refractivity contribution in [3.8, 4) is 0 Å². The number of rotatable bonds is 6. The molecule has 2 unspecified atom stereocenters. The van der Waals surface area contributed by atoms with E-state index >= 15 is 0 Å². The first-order valence-electron chi connectivity index (χ1n) is 8.62. The molecular formula is C18H27Cl2N5O. The Morgan fingerprint density at radius 3 is 2.73 bits per heavy atom. The lowest BCUT2D eigenvalue weighted by Gasteiger charge is -2.28. The lowest BCUT2D eigenvalue weighted by atomic mass is 9.85. The number of amides is 1. The number of benzene rings is 1. The number of hydrogen-bond donors (Lipinski definition) is 2. The lowest BCUT2D eigenvalue weighted by molar-refractivity contribution is -0.117. The van der Waals surface area contributed by atoms with Crippen LogP contribution in [0.25, 0.3) is 0 Å². The minimum atomic E-state index is 0. The molecule has 6 nitrogen and oxygen atoms in total. The molecule has 0 spiro atoms. The highest BCUT2D eigenvalue weighted by molar-refractivity contribution is 5.90. The highest BCUT2D eigenvalue weighted by atomic mass is 35.5. The smallest absolute Gasteiger partial charge is 0.224 e. The van der Waals surface area contributed by atoms with E-state index in [1.54, 1.807) is 11.0 Å². The molecule has 0 bridgehead atoms. The zero-order chi connectivity index (χ0) is 16.8. The SMILES string of the molecule is CC(CC(=O)Nc1ccc(Cn2cncn2)cc1)C1CCCNC1.Cl.Cl.